The van der Waals surface area contributed by atoms with Gasteiger partial charge in [0.15, 0.2) is 5.82 Å². The SMILES string of the molecule is CCOc1cccc(C(=O)N2CCc3c(nc(C(=O)Nc4ccc(OC(C)C)cc4)n3C(C)C)C2)c1. The number of amides is 2. The van der Waals surface area contributed by atoms with E-state index >= 15 is 0 Å². The van der Waals surface area contributed by atoms with Crippen LogP contribution < -0.4 is 14.8 Å². The number of nitrogens with one attached hydrogen (secondary N) is 1. The van der Waals surface area contributed by atoms with Gasteiger partial charge in [-0.3, -0.25) is 9.59 Å². The topological polar surface area (TPSA) is 85.7 Å². The summed E-state index contributed by atoms with van der Waals surface area (Å²) in [5.74, 6) is 1.42. The van der Waals surface area contributed by atoms with Gasteiger partial charge in [-0.2, -0.15) is 0 Å². The van der Waals surface area contributed by atoms with Crippen molar-refractivity contribution in [1.29, 1.82) is 0 Å². The molecule has 2 aromatic carbocycles. The summed E-state index contributed by atoms with van der Waals surface area (Å²) in [6, 6.07) is 14.6. The first kappa shape index (κ1) is 25.3. The monoisotopic (exact) mass is 490 g/mol. The molecule has 1 aromatic heterocycles. The molecule has 0 saturated heterocycles. The number of hydrogen-bond acceptors (Lipinski definition) is 5. The first-order chi connectivity index (χ1) is 17.3. The number of anilines is 1. The molecule has 0 saturated carbocycles. The zero-order valence-electron chi connectivity index (χ0n) is 21.6. The quantitative estimate of drug-likeness (QED) is 0.475. The van der Waals surface area contributed by atoms with Crippen molar-refractivity contribution in [3.8, 4) is 11.5 Å². The summed E-state index contributed by atoms with van der Waals surface area (Å²) in [6.45, 7) is 11.4. The Morgan fingerprint density at radius 2 is 1.81 bits per heavy atom. The number of carbonyl (C=O) groups is 2. The summed E-state index contributed by atoms with van der Waals surface area (Å²) in [5.41, 5.74) is 3.01. The number of hydrogen-bond donors (Lipinski definition) is 1. The molecule has 0 bridgehead atoms. The Morgan fingerprint density at radius 1 is 1.06 bits per heavy atom. The molecule has 1 aliphatic rings. The number of nitrogens with zero attached hydrogens (tertiary/aromatic N) is 3. The maximum absolute atomic E-state index is 13.2. The van der Waals surface area contributed by atoms with Gasteiger partial charge in [0.1, 0.15) is 11.5 Å². The molecule has 190 valence electrons. The lowest BCUT2D eigenvalue weighted by Gasteiger charge is -2.28. The van der Waals surface area contributed by atoms with Gasteiger partial charge in [0, 0.05) is 36.0 Å². The number of carbonyl (C=O) groups excluding carboxylic acids is 2. The number of ether oxygens (including phenoxy) is 2. The Kier molecular flexibility index (Phi) is 7.62. The number of fused-ring (bicyclic) bond motifs is 1. The van der Waals surface area contributed by atoms with E-state index in [0.29, 0.717) is 48.9 Å². The number of aromatic nitrogens is 2. The average molecular weight is 491 g/mol. The van der Waals surface area contributed by atoms with Crippen LogP contribution in [-0.4, -0.2) is 45.5 Å². The first-order valence-corrected chi connectivity index (χ1v) is 12.5. The maximum Gasteiger partial charge on any atom is 0.291 e. The summed E-state index contributed by atoms with van der Waals surface area (Å²) >= 11 is 0. The van der Waals surface area contributed by atoms with E-state index in [0.717, 1.165) is 17.1 Å². The second kappa shape index (κ2) is 10.8. The Hall–Kier alpha value is -3.81. The van der Waals surface area contributed by atoms with Crippen LogP contribution in [0.3, 0.4) is 0 Å². The fourth-order valence-corrected chi connectivity index (χ4v) is 4.44. The van der Waals surface area contributed by atoms with Crippen molar-refractivity contribution in [3.05, 3.63) is 71.3 Å². The van der Waals surface area contributed by atoms with Crippen LogP contribution in [0.4, 0.5) is 5.69 Å². The van der Waals surface area contributed by atoms with Gasteiger partial charge < -0.3 is 24.3 Å². The highest BCUT2D eigenvalue weighted by Gasteiger charge is 2.30. The third-order valence-electron chi connectivity index (χ3n) is 5.93. The molecular formula is C28H34N4O4. The Morgan fingerprint density at radius 3 is 2.47 bits per heavy atom. The van der Waals surface area contributed by atoms with E-state index < -0.39 is 0 Å². The van der Waals surface area contributed by atoms with Crippen molar-refractivity contribution in [2.24, 2.45) is 0 Å². The molecule has 0 fully saturated rings. The van der Waals surface area contributed by atoms with Gasteiger partial charge in [0.05, 0.1) is 24.9 Å². The molecule has 0 aliphatic carbocycles. The van der Waals surface area contributed by atoms with Crippen molar-refractivity contribution in [2.45, 2.75) is 59.7 Å². The van der Waals surface area contributed by atoms with Crippen molar-refractivity contribution in [1.82, 2.24) is 14.5 Å². The molecule has 0 spiro atoms. The van der Waals surface area contributed by atoms with E-state index in [2.05, 4.69) is 5.32 Å². The van der Waals surface area contributed by atoms with Gasteiger partial charge in [-0.1, -0.05) is 6.07 Å². The first-order valence-electron chi connectivity index (χ1n) is 12.5. The van der Waals surface area contributed by atoms with Crippen LogP contribution in [0.2, 0.25) is 0 Å². The van der Waals surface area contributed by atoms with E-state index in [4.69, 9.17) is 14.5 Å². The zero-order valence-corrected chi connectivity index (χ0v) is 21.6. The van der Waals surface area contributed by atoms with Gasteiger partial charge in [-0.05, 0) is 77.1 Å². The third kappa shape index (κ3) is 5.53. The maximum atomic E-state index is 13.2. The Bertz CT molecular complexity index is 1230. The van der Waals surface area contributed by atoms with Gasteiger partial charge in [-0.25, -0.2) is 4.98 Å². The van der Waals surface area contributed by atoms with Crippen LogP contribution in [0, 0.1) is 0 Å². The molecule has 4 rings (SSSR count). The van der Waals surface area contributed by atoms with Crippen LogP contribution in [0.1, 0.15) is 73.0 Å². The largest absolute Gasteiger partial charge is 0.494 e. The van der Waals surface area contributed by atoms with Crippen LogP contribution in [0.25, 0.3) is 0 Å². The van der Waals surface area contributed by atoms with Gasteiger partial charge in [0.2, 0.25) is 0 Å². The van der Waals surface area contributed by atoms with Crippen LogP contribution in [0.5, 0.6) is 11.5 Å². The summed E-state index contributed by atoms with van der Waals surface area (Å²) < 4.78 is 13.2. The van der Waals surface area contributed by atoms with E-state index in [9.17, 15) is 9.59 Å². The van der Waals surface area contributed by atoms with Crippen LogP contribution in [0.15, 0.2) is 48.5 Å². The van der Waals surface area contributed by atoms with E-state index in [-0.39, 0.29) is 24.0 Å². The third-order valence-corrected chi connectivity index (χ3v) is 5.93. The molecule has 2 amide bonds. The van der Waals surface area contributed by atoms with Crippen LogP contribution in [-0.2, 0) is 13.0 Å². The zero-order chi connectivity index (χ0) is 25.8. The molecule has 1 aliphatic heterocycles. The summed E-state index contributed by atoms with van der Waals surface area (Å²) in [6.07, 6.45) is 0.710. The molecular weight excluding hydrogens is 456 g/mol. The average Bonchev–Trinajstić information content (AvgIpc) is 3.24. The molecule has 0 unspecified atom stereocenters. The van der Waals surface area contributed by atoms with Crippen molar-refractivity contribution in [3.63, 3.8) is 0 Å². The number of rotatable bonds is 8. The van der Waals surface area contributed by atoms with E-state index in [1.807, 2.05) is 75.6 Å². The van der Waals surface area contributed by atoms with Gasteiger partial charge in [0.25, 0.3) is 11.8 Å². The smallest absolute Gasteiger partial charge is 0.291 e. The van der Waals surface area contributed by atoms with Crippen LogP contribution >= 0.6 is 0 Å². The molecule has 36 heavy (non-hydrogen) atoms. The van der Waals surface area contributed by atoms with E-state index in [1.165, 1.54) is 0 Å². The number of imidazole rings is 1. The highest BCUT2D eigenvalue weighted by molar-refractivity contribution is 6.02. The fraction of sp³-hybridized carbons (Fsp3) is 0.393. The molecule has 0 radical (unpaired) electrons. The molecule has 1 N–H and O–H groups in total. The standard InChI is InChI=1S/C28H34N4O4/c1-6-35-23-9-7-8-20(16-23)28(34)31-15-14-25-24(17-31)30-26(32(25)18(2)3)27(33)29-21-10-12-22(13-11-21)36-19(4)5/h7-13,16,18-19H,6,14-15,17H2,1-5H3,(H,29,33). The minimum Gasteiger partial charge on any atom is -0.494 e. The van der Waals surface area contributed by atoms with E-state index in [1.54, 1.807) is 17.0 Å². The fourth-order valence-electron chi connectivity index (χ4n) is 4.44. The second-order valence-corrected chi connectivity index (χ2v) is 9.38. The minimum absolute atomic E-state index is 0.0499. The Labute approximate surface area is 212 Å². The second-order valence-electron chi connectivity index (χ2n) is 9.38. The molecule has 8 heteroatoms. The lowest BCUT2D eigenvalue weighted by atomic mass is 10.1. The normalized spacial score (nSPS) is 13.0. The minimum atomic E-state index is -0.280. The van der Waals surface area contributed by atoms with Gasteiger partial charge in [-0.15, -0.1) is 0 Å². The lowest BCUT2D eigenvalue weighted by molar-refractivity contribution is 0.0730. The summed E-state index contributed by atoms with van der Waals surface area (Å²) in [7, 11) is 0. The van der Waals surface area contributed by atoms with Crippen molar-refractivity contribution < 1.29 is 19.1 Å². The molecule has 3 aromatic rings. The highest BCUT2D eigenvalue weighted by atomic mass is 16.5. The predicted octanol–water partition coefficient (Wildman–Crippen LogP) is 5.10. The summed E-state index contributed by atoms with van der Waals surface area (Å²) in [4.78, 5) is 32.9. The molecule has 0 atom stereocenters. The lowest BCUT2D eigenvalue weighted by Crippen LogP contribution is -2.36. The molecule has 8 nitrogen and oxygen atoms in total. The summed E-state index contributed by atoms with van der Waals surface area (Å²) in [5, 5.41) is 2.95. The highest BCUT2D eigenvalue weighted by Crippen LogP contribution is 2.27. The molecule has 2 heterocycles. The Balaban J connectivity index is 1.53. The number of benzene rings is 2. The predicted molar refractivity (Wildman–Crippen MR) is 139 cm³/mol. The van der Waals surface area contributed by atoms with Crippen molar-refractivity contribution >= 4 is 17.5 Å². The van der Waals surface area contributed by atoms with Crippen molar-refractivity contribution in [2.75, 3.05) is 18.5 Å². The van der Waals surface area contributed by atoms with Gasteiger partial charge >= 0.3 is 0 Å².